The molecule has 3 aromatic rings. The van der Waals surface area contributed by atoms with Crippen molar-refractivity contribution in [3.8, 4) is 0 Å². The molecule has 0 fully saturated rings. The minimum Gasteiger partial charge on any atom is -0.464 e. The molecule has 0 spiro atoms. The Labute approximate surface area is 140 Å². The first-order valence-corrected chi connectivity index (χ1v) is 7.85. The van der Waals surface area contributed by atoms with Gasteiger partial charge in [-0.15, -0.1) is 0 Å². The lowest BCUT2D eigenvalue weighted by atomic mass is 10.1. The number of rotatable bonds is 4. The monoisotopic (exact) mass is 321 g/mol. The molecule has 3 rings (SSSR count). The average Bonchev–Trinajstić information content (AvgIpc) is 2.58. The van der Waals surface area contributed by atoms with Crippen molar-refractivity contribution in [1.29, 1.82) is 0 Å². The van der Waals surface area contributed by atoms with Crippen molar-refractivity contribution in [2.24, 2.45) is 0 Å². The van der Waals surface area contributed by atoms with E-state index in [9.17, 15) is 9.59 Å². The number of amides is 1. The first kappa shape index (κ1) is 16.0. The van der Waals surface area contributed by atoms with Crippen LogP contribution in [0.3, 0.4) is 0 Å². The van der Waals surface area contributed by atoms with Crippen LogP contribution < -0.4 is 5.43 Å². The number of carbonyl (C=O) groups is 1. The topological polar surface area (TPSA) is 50.5 Å². The van der Waals surface area contributed by atoms with E-state index in [1.54, 1.807) is 11.0 Å². The second kappa shape index (κ2) is 6.71. The molecule has 0 N–H and O–H groups in total. The second-order valence-electron chi connectivity index (χ2n) is 5.95. The molecule has 1 heterocycles. The number of aryl methyl sites for hydroxylation is 1. The van der Waals surface area contributed by atoms with Crippen LogP contribution in [0.4, 0.5) is 0 Å². The van der Waals surface area contributed by atoms with Gasteiger partial charge in [-0.2, -0.15) is 0 Å². The highest BCUT2D eigenvalue weighted by molar-refractivity contribution is 5.78. The van der Waals surface area contributed by atoms with Crippen LogP contribution in [0.5, 0.6) is 0 Å². The maximum Gasteiger partial charge on any atom is 0.220 e. The summed E-state index contributed by atoms with van der Waals surface area (Å²) >= 11 is 0. The Morgan fingerprint density at radius 1 is 1.08 bits per heavy atom. The third kappa shape index (κ3) is 3.38. The highest BCUT2D eigenvalue weighted by Gasteiger charge is 2.14. The fourth-order valence-corrected chi connectivity index (χ4v) is 2.68. The number of carbonyl (C=O) groups excluding carboxylic acids is 1. The number of fused-ring (bicyclic) bond motifs is 1. The fourth-order valence-electron chi connectivity index (χ4n) is 2.68. The van der Waals surface area contributed by atoms with Gasteiger partial charge in [0, 0.05) is 13.5 Å². The molecule has 2 aromatic carbocycles. The van der Waals surface area contributed by atoms with Gasteiger partial charge >= 0.3 is 0 Å². The molecule has 0 radical (unpaired) electrons. The van der Waals surface area contributed by atoms with E-state index in [4.69, 9.17) is 4.42 Å². The van der Waals surface area contributed by atoms with Crippen LogP contribution in [-0.4, -0.2) is 10.8 Å². The summed E-state index contributed by atoms with van der Waals surface area (Å²) in [5.41, 5.74) is 2.98. The van der Waals surface area contributed by atoms with Gasteiger partial charge in [-0.3, -0.25) is 9.59 Å². The minimum absolute atomic E-state index is 0.0809. The third-order valence-corrected chi connectivity index (χ3v) is 4.02. The third-order valence-electron chi connectivity index (χ3n) is 4.02. The SMILES string of the molecule is CC(=O)N(Cc1ccccc1)Cc1coc2ccc(C)cc2c1=O. The second-order valence-corrected chi connectivity index (χ2v) is 5.95. The summed E-state index contributed by atoms with van der Waals surface area (Å²) in [6.45, 7) is 4.14. The summed E-state index contributed by atoms with van der Waals surface area (Å²) in [4.78, 5) is 26.3. The van der Waals surface area contributed by atoms with Crippen molar-refractivity contribution in [3.63, 3.8) is 0 Å². The largest absolute Gasteiger partial charge is 0.464 e. The molecular weight excluding hydrogens is 302 g/mol. The van der Waals surface area contributed by atoms with E-state index in [0.29, 0.717) is 23.1 Å². The van der Waals surface area contributed by atoms with Crippen LogP contribution in [0.25, 0.3) is 11.0 Å². The molecule has 0 atom stereocenters. The molecular formula is C20H19NO3. The molecule has 4 heteroatoms. The standard InChI is InChI=1S/C20H19NO3/c1-14-8-9-19-18(10-14)20(23)17(13-24-19)12-21(15(2)22)11-16-6-4-3-5-7-16/h3-10,13H,11-12H2,1-2H3. The molecule has 0 aliphatic heterocycles. The van der Waals surface area contributed by atoms with Crippen molar-refractivity contribution >= 4 is 16.9 Å². The van der Waals surface area contributed by atoms with Gasteiger partial charge in [-0.05, 0) is 24.6 Å². The predicted octanol–water partition coefficient (Wildman–Crippen LogP) is 3.65. The van der Waals surface area contributed by atoms with E-state index in [2.05, 4.69) is 0 Å². The van der Waals surface area contributed by atoms with Crippen LogP contribution >= 0.6 is 0 Å². The lowest BCUT2D eigenvalue weighted by molar-refractivity contribution is -0.130. The Hall–Kier alpha value is -2.88. The maximum absolute atomic E-state index is 12.7. The van der Waals surface area contributed by atoms with E-state index >= 15 is 0 Å². The normalized spacial score (nSPS) is 10.8. The average molecular weight is 321 g/mol. The molecule has 0 unspecified atom stereocenters. The van der Waals surface area contributed by atoms with Gasteiger partial charge in [0.25, 0.3) is 0 Å². The van der Waals surface area contributed by atoms with Crippen LogP contribution in [-0.2, 0) is 17.9 Å². The van der Waals surface area contributed by atoms with Gasteiger partial charge in [0.1, 0.15) is 5.58 Å². The zero-order valence-corrected chi connectivity index (χ0v) is 13.8. The Bertz CT molecular complexity index is 929. The summed E-state index contributed by atoms with van der Waals surface area (Å²) in [7, 11) is 0. The molecule has 0 bridgehead atoms. The molecule has 4 nitrogen and oxygen atoms in total. The fraction of sp³-hybridized carbons (Fsp3) is 0.200. The smallest absolute Gasteiger partial charge is 0.220 e. The van der Waals surface area contributed by atoms with Crippen molar-refractivity contribution in [3.05, 3.63) is 81.7 Å². The lowest BCUT2D eigenvalue weighted by Crippen LogP contribution is -2.30. The van der Waals surface area contributed by atoms with Crippen molar-refractivity contribution in [2.75, 3.05) is 0 Å². The van der Waals surface area contributed by atoms with E-state index in [1.165, 1.54) is 13.2 Å². The Morgan fingerprint density at radius 3 is 2.54 bits per heavy atom. The number of benzene rings is 2. The predicted molar refractivity (Wildman–Crippen MR) is 93.6 cm³/mol. The first-order valence-electron chi connectivity index (χ1n) is 7.85. The van der Waals surface area contributed by atoms with Gasteiger partial charge in [0.05, 0.1) is 23.8 Å². The highest BCUT2D eigenvalue weighted by Crippen LogP contribution is 2.15. The molecule has 122 valence electrons. The molecule has 0 aliphatic rings. The highest BCUT2D eigenvalue weighted by atomic mass is 16.3. The Kier molecular flexibility index (Phi) is 4.47. The van der Waals surface area contributed by atoms with Crippen molar-refractivity contribution in [1.82, 2.24) is 4.90 Å². The summed E-state index contributed by atoms with van der Waals surface area (Å²) in [5, 5.41) is 0.552. The minimum atomic E-state index is -0.0840. The first-order chi connectivity index (χ1) is 11.5. The summed E-state index contributed by atoms with van der Waals surface area (Å²) < 4.78 is 5.57. The van der Waals surface area contributed by atoms with Crippen LogP contribution in [0, 0.1) is 6.92 Å². The molecule has 0 aliphatic carbocycles. The lowest BCUT2D eigenvalue weighted by Gasteiger charge is -2.21. The Balaban J connectivity index is 1.93. The zero-order chi connectivity index (χ0) is 17.1. The van der Waals surface area contributed by atoms with Crippen molar-refractivity contribution in [2.45, 2.75) is 26.9 Å². The van der Waals surface area contributed by atoms with Gasteiger partial charge in [-0.1, -0.05) is 42.0 Å². The summed E-state index contributed by atoms with van der Waals surface area (Å²) in [6, 6.07) is 15.2. The van der Waals surface area contributed by atoms with Crippen LogP contribution in [0.1, 0.15) is 23.6 Å². The van der Waals surface area contributed by atoms with Crippen LogP contribution in [0.15, 0.2) is 64.0 Å². The molecule has 0 saturated heterocycles. The number of nitrogens with zero attached hydrogens (tertiary/aromatic N) is 1. The molecule has 24 heavy (non-hydrogen) atoms. The molecule has 0 saturated carbocycles. The van der Waals surface area contributed by atoms with Crippen molar-refractivity contribution < 1.29 is 9.21 Å². The summed E-state index contributed by atoms with van der Waals surface area (Å²) in [5.74, 6) is -0.0809. The van der Waals surface area contributed by atoms with E-state index in [1.807, 2.05) is 49.4 Å². The van der Waals surface area contributed by atoms with E-state index < -0.39 is 0 Å². The number of hydrogen-bond donors (Lipinski definition) is 0. The van der Waals surface area contributed by atoms with Gasteiger partial charge in [0.2, 0.25) is 5.91 Å². The maximum atomic E-state index is 12.7. The number of hydrogen-bond acceptors (Lipinski definition) is 3. The van der Waals surface area contributed by atoms with E-state index in [0.717, 1.165) is 11.1 Å². The molecule has 1 aromatic heterocycles. The van der Waals surface area contributed by atoms with Gasteiger partial charge in [0.15, 0.2) is 5.43 Å². The van der Waals surface area contributed by atoms with Crippen LogP contribution in [0.2, 0.25) is 0 Å². The quantitative estimate of drug-likeness (QED) is 0.737. The van der Waals surface area contributed by atoms with E-state index in [-0.39, 0.29) is 17.9 Å². The molecule has 1 amide bonds. The Morgan fingerprint density at radius 2 is 1.83 bits per heavy atom. The van der Waals surface area contributed by atoms with Gasteiger partial charge in [-0.25, -0.2) is 0 Å². The summed E-state index contributed by atoms with van der Waals surface area (Å²) in [6.07, 6.45) is 1.46. The van der Waals surface area contributed by atoms with Gasteiger partial charge < -0.3 is 9.32 Å². The zero-order valence-electron chi connectivity index (χ0n) is 13.8.